The fourth-order valence-corrected chi connectivity index (χ4v) is 4.21. The molecule has 2 aromatic heterocycles. The summed E-state index contributed by atoms with van der Waals surface area (Å²) in [6, 6.07) is 1.79. The van der Waals surface area contributed by atoms with Crippen LogP contribution >= 0.6 is 0 Å². The van der Waals surface area contributed by atoms with E-state index in [4.69, 9.17) is 9.47 Å². The number of aromatic amines is 1. The van der Waals surface area contributed by atoms with Crippen molar-refractivity contribution >= 4 is 32.9 Å². The Bertz CT molecular complexity index is 1140. The molecule has 1 saturated heterocycles. The predicted molar refractivity (Wildman–Crippen MR) is 118 cm³/mol. The maximum Gasteiger partial charge on any atom is 0.422 e. The monoisotopic (exact) mass is 468 g/mol. The second-order valence-electron chi connectivity index (χ2n) is 8.54. The summed E-state index contributed by atoms with van der Waals surface area (Å²) in [6.07, 6.45) is 1.95. The number of amides is 1. The number of rotatable bonds is 6. The predicted octanol–water partition coefficient (Wildman–Crippen LogP) is 0.902. The molecule has 3 heterocycles. The molecule has 176 valence electrons. The number of carbonyl (C=O) groups excluding carboxylic acids is 1. The van der Waals surface area contributed by atoms with Gasteiger partial charge in [-0.25, -0.2) is 14.6 Å². The van der Waals surface area contributed by atoms with E-state index < -0.39 is 21.9 Å². The van der Waals surface area contributed by atoms with E-state index in [0.717, 1.165) is 0 Å². The lowest BCUT2D eigenvalue weighted by Crippen LogP contribution is -2.45. The summed E-state index contributed by atoms with van der Waals surface area (Å²) >= 11 is 0. The first-order chi connectivity index (χ1) is 15.0. The standard InChI is InChI=1S/C19H28N6O6S/c1-19(2,3)31-18(27)24-32(28,29)21-10-12-5-7-25(8-6-12)14-9-13-11-20-23-16(26)15(13)17(22-14)30-4/h9,11-12,21H,5-8,10H2,1-4H3,(H,23,26)(H,24,27). The van der Waals surface area contributed by atoms with Gasteiger partial charge in [-0.1, -0.05) is 0 Å². The zero-order chi connectivity index (χ0) is 23.5. The van der Waals surface area contributed by atoms with Crippen LogP contribution in [0.5, 0.6) is 5.88 Å². The van der Waals surface area contributed by atoms with Crippen LogP contribution in [0.15, 0.2) is 17.1 Å². The normalized spacial score (nSPS) is 15.6. The van der Waals surface area contributed by atoms with Gasteiger partial charge in [-0.05, 0) is 45.6 Å². The van der Waals surface area contributed by atoms with Crippen molar-refractivity contribution in [1.29, 1.82) is 0 Å². The van der Waals surface area contributed by atoms with Crippen molar-refractivity contribution in [1.82, 2.24) is 24.6 Å². The number of anilines is 1. The highest BCUT2D eigenvalue weighted by Crippen LogP contribution is 2.28. The molecule has 1 fully saturated rings. The molecule has 32 heavy (non-hydrogen) atoms. The van der Waals surface area contributed by atoms with E-state index in [1.165, 1.54) is 7.11 Å². The molecule has 1 aliphatic heterocycles. The fraction of sp³-hybridized carbons (Fsp3) is 0.579. The number of nitrogens with zero attached hydrogens (tertiary/aromatic N) is 3. The molecule has 2 aromatic rings. The van der Waals surface area contributed by atoms with Gasteiger partial charge in [0.05, 0.1) is 13.3 Å². The number of piperidine rings is 1. The minimum Gasteiger partial charge on any atom is -0.480 e. The Balaban J connectivity index is 1.58. The van der Waals surface area contributed by atoms with E-state index in [9.17, 15) is 18.0 Å². The van der Waals surface area contributed by atoms with Gasteiger partial charge in [0.25, 0.3) is 5.56 Å². The van der Waals surface area contributed by atoms with Crippen molar-refractivity contribution in [2.45, 2.75) is 39.2 Å². The number of carbonyl (C=O) groups is 1. The summed E-state index contributed by atoms with van der Waals surface area (Å²) < 4.78 is 38.7. The van der Waals surface area contributed by atoms with Gasteiger partial charge in [0, 0.05) is 25.0 Å². The molecule has 0 aliphatic carbocycles. The number of methoxy groups -OCH3 is 1. The molecule has 0 aromatic carbocycles. The van der Waals surface area contributed by atoms with Crippen LogP contribution in [0, 0.1) is 5.92 Å². The molecule has 0 atom stereocenters. The van der Waals surface area contributed by atoms with Crippen molar-refractivity contribution in [3.63, 3.8) is 0 Å². The van der Waals surface area contributed by atoms with Crippen LogP contribution in [0.1, 0.15) is 33.6 Å². The van der Waals surface area contributed by atoms with Gasteiger partial charge in [0.15, 0.2) is 0 Å². The third-order valence-corrected chi connectivity index (χ3v) is 5.89. The lowest BCUT2D eigenvalue weighted by Gasteiger charge is -2.33. The van der Waals surface area contributed by atoms with Crippen LogP contribution in [0.3, 0.4) is 0 Å². The summed E-state index contributed by atoms with van der Waals surface area (Å²) in [5.41, 5.74) is -1.17. The Labute approximate surface area is 185 Å². The molecular weight excluding hydrogens is 440 g/mol. The van der Waals surface area contributed by atoms with Gasteiger partial charge >= 0.3 is 16.3 Å². The van der Waals surface area contributed by atoms with Crippen molar-refractivity contribution in [2.24, 2.45) is 5.92 Å². The molecule has 12 nitrogen and oxygen atoms in total. The highest BCUT2D eigenvalue weighted by molar-refractivity contribution is 7.88. The first-order valence-corrected chi connectivity index (χ1v) is 11.6. The highest BCUT2D eigenvalue weighted by Gasteiger charge is 2.25. The second-order valence-corrected chi connectivity index (χ2v) is 10.0. The smallest absolute Gasteiger partial charge is 0.422 e. The van der Waals surface area contributed by atoms with Crippen LogP contribution in [0.2, 0.25) is 0 Å². The van der Waals surface area contributed by atoms with Gasteiger partial charge in [-0.15, -0.1) is 0 Å². The van der Waals surface area contributed by atoms with Gasteiger partial charge in [0.2, 0.25) is 5.88 Å². The molecular formula is C19H28N6O6S. The van der Waals surface area contributed by atoms with Crippen LogP contribution in [-0.4, -0.2) is 62.0 Å². The lowest BCUT2D eigenvalue weighted by atomic mass is 9.97. The number of hydrogen-bond donors (Lipinski definition) is 3. The van der Waals surface area contributed by atoms with Crippen LogP contribution < -0.4 is 24.6 Å². The molecule has 3 rings (SSSR count). The third kappa shape index (κ3) is 6.07. The summed E-state index contributed by atoms with van der Waals surface area (Å²) in [5, 5.41) is 7.17. The Kier molecular flexibility index (Phi) is 6.88. The molecule has 1 aliphatic rings. The van der Waals surface area contributed by atoms with Gasteiger partial charge < -0.3 is 14.4 Å². The molecule has 13 heteroatoms. The Morgan fingerprint density at radius 2 is 2.00 bits per heavy atom. The zero-order valence-corrected chi connectivity index (χ0v) is 19.3. The average molecular weight is 469 g/mol. The largest absolute Gasteiger partial charge is 0.480 e. The maximum absolute atomic E-state index is 12.1. The fourth-order valence-electron chi connectivity index (χ4n) is 3.42. The lowest BCUT2D eigenvalue weighted by molar-refractivity contribution is 0.0569. The average Bonchev–Trinajstić information content (AvgIpc) is 2.70. The summed E-state index contributed by atoms with van der Waals surface area (Å²) in [4.78, 5) is 30.2. The summed E-state index contributed by atoms with van der Waals surface area (Å²) in [5.74, 6) is 0.977. The molecule has 0 radical (unpaired) electrons. The Morgan fingerprint density at radius 1 is 1.31 bits per heavy atom. The van der Waals surface area contributed by atoms with Crippen LogP contribution in [0.4, 0.5) is 10.6 Å². The molecule has 1 amide bonds. The number of fused-ring (bicyclic) bond motifs is 1. The van der Waals surface area contributed by atoms with Crippen molar-refractivity contribution in [2.75, 3.05) is 31.6 Å². The quantitative estimate of drug-likeness (QED) is 0.560. The van der Waals surface area contributed by atoms with E-state index in [1.807, 2.05) is 9.62 Å². The van der Waals surface area contributed by atoms with E-state index in [-0.39, 0.29) is 23.9 Å². The van der Waals surface area contributed by atoms with Crippen LogP contribution in [0.25, 0.3) is 10.8 Å². The number of H-pyrrole nitrogens is 1. The summed E-state index contributed by atoms with van der Waals surface area (Å²) in [7, 11) is -2.56. The molecule has 0 spiro atoms. The molecule has 0 unspecified atom stereocenters. The number of hydrogen-bond acceptors (Lipinski definition) is 9. The maximum atomic E-state index is 12.1. The number of aromatic nitrogens is 3. The van der Waals surface area contributed by atoms with Gasteiger partial charge in [-0.2, -0.15) is 23.2 Å². The van der Waals surface area contributed by atoms with E-state index in [0.29, 0.717) is 42.5 Å². The van der Waals surface area contributed by atoms with Gasteiger partial charge in [0.1, 0.15) is 16.8 Å². The molecule has 0 saturated carbocycles. The molecule has 0 bridgehead atoms. The Hall–Kier alpha value is -2.93. The number of nitrogens with one attached hydrogen (secondary N) is 3. The van der Waals surface area contributed by atoms with Gasteiger partial charge in [-0.3, -0.25) is 4.79 Å². The SMILES string of the molecule is COc1nc(N2CCC(CNS(=O)(=O)NC(=O)OC(C)(C)C)CC2)cc2cn[nH]c(=O)c12. The second kappa shape index (κ2) is 9.28. The minimum absolute atomic E-state index is 0.0910. The number of ether oxygens (including phenoxy) is 2. The van der Waals surface area contributed by atoms with E-state index in [2.05, 4.69) is 19.9 Å². The zero-order valence-electron chi connectivity index (χ0n) is 18.5. The Morgan fingerprint density at radius 3 is 2.62 bits per heavy atom. The first kappa shape index (κ1) is 23.7. The van der Waals surface area contributed by atoms with Crippen molar-refractivity contribution < 1.29 is 22.7 Å². The molecule has 3 N–H and O–H groups in total. The number of pyridine rings is 1. The van der Waals surface area contributed by atoms with Crippen LogP contribution in [-0.2, 0) is 14.9 Å². The topological polar surface area (TPSA) is 156 Å². The first-order valence-electron chi connectivity index (χ1n) is 10.1. The summed E-state index contributed by atoms with van der Waals surface area (Å²) in [6.45, 7) is 6.42. The highest BCUT2D eigenvalue weighted by atomic mass is 32.2. The minimum atomic E-state index is -4.01. The van der Waals surface area contributed by atoms with Crippen molar-refractivity contribution in [3.05, 3.63) is 22.6 Å². The van der Waals surface area contributed by atoms with E-state index >= 15 is 0 Å². The van der Waals surface area contributed by atoms with Crippen molar-refractivity contribution in [3.8, 4) is 5.88 Å². The third-order valence-electron chi connectivity index (χ3n) is 4.91. The van der Waals surface area contributed by atoms with E-state index in [1.54, 1.807) is 33.0 Å².